The van der Waals surface area contributed by atoms with E-state index in [0.717, 1.165) is 20.5 Å². The number of phenolic OH excluding ortho intramolecular Hbond substituents is 2. The first kappa shape index (κ1) is 15.4. The first-order chi connectivity index (χ1) is 12.1. The standard InChI is InChI=1S/C20H14O4S/c21-13-3-1-12(2-4-13)20-19(24-16-8-5-14(22)6-9-16)17-10-7-15(23)11-18(17)25-20/h1-11,21-23H/p-1. The Balaban J connectivity index is 1.88. The third kappa shape index (κ3) is 2.97. The Kier molecular flexibility index (Phi) is 3.71. The molecule has 0 saturated carbocycles. The normalized spacial score (nSPS) is 10.9. The molecule has 0 aliphatic carbocycles. The van der Waals surface area contributed by atoms with E-state index in [2.05, 4.69) is 0 Å². The molecule has 3 aromatic carbocycles. The lowest BCUT2D eigenvalue weighted by Gasteiger charge is -2.10. The summed E-state index contributed by atoms with van der Waals surface area (Å²) in [6, 6.07) is 18.1. The molecule has 0 aliphatic heterocycles. The summed E-state index contributed by atoms with van der Waals surface area (Å²) in [5.74, 6) is 1.55. The van der Waals surface area contributed by atoms with Crippen molar-refractivity contribution >= 4 is 21.4 Å². The first-order valence-electron chi connectivity index (χ1n) is 7.60. The molecule has 4 aromatic rings. The monoisotopic (exact) mass is 349 g/mol. The van der Waals surface area contributed by atoms with Gasteiger partial charge < -0.3 is 20.1 Å². The van der Waals surface area contributed by atoms with Crippen molar-refractivity contribution in [3.63, 3.8) is 0 Å². The minimum Gasteiger partial charge on any atom is -0.872 e. The molecule has 0 fully saturated rings. The number of rotatable bonds is 3. The van der Waals surface area contributed by atoms with Crippen LogP contribution in [0.2, 0.25) is 0 Å². The van der Waals surface area contributed by atoms with Gasteiger partial charge in [0.25, 0.3) is 0 Å². The molecule has 0 spiro atoms. The summed E-state index contributed by atoms with van der Waals surface area (Å²) in [6.07, 6.45) is 0. The molecule has 0 amide bonds. The Labute approximate surface area is 147 Å². The fourth-order valence-electron chi connectivity index (χ4n) is 2.59. The Bertz CT molecular complexity index is 1030. The third-order valence-electron chi connectivity index (χ3n) is 3.80. The molecule has 0 radical (unpaired) electrons. The summed E-state index contributed by atoms with van der Waals surface area (Å²) in [7, 11) is 0. The van der Waals surface area contributed by atoms with E-state index in [0.29, 0.717) is 11.5 Å². The highest BCUT2D eigenvalue weighted by Crippen LogP contribution is 2.47. The number of thiophene rings is 1. The van der Waals surface area contributed by atoms with Crippen LogP contribution in [0.15, 0.2) is 66.7 Å². The average molecular weight is 349 g/mol. The van der Waals surface area contributed by atoms with Crippen molar-refractivity contribution in [1.82, 2.24) is 0 Å². The van der Waals surface area contributed by atoms with E-state index in [-0.39, 0.29) is 17.2 Å². The van der Waals surface area contributed by atoms with Crippen LogP contribution >= 0.6 is 11.3 Å². The summed E-state index contributed by atoms with van der Waals surface area (Å²) in [6.45, 7) is 0. The van der Waals surface area contributed by atoms with Gasteiger partial charge in [-0.25, -0.2) is 0 Å². The number of ether oxygens (including phenoxy) is 1. The van der Waals surface area contributed by atoms with Gasteiger partial charge in [0.2, 0.25) is 0 Å². The summed E-state index contributed by atoms with van der Waals surface area (Å²) in [5, 5.41) is 31.5. The minimum absolute atomic E-state index is 0.0523. The van der Waals surface area contributed by atoms with Crippen LogP contribution in [-0.2, 0) is 0 Å². The topological polar surface area (TPSA) is 72.8 Å². The minimum atomic E-state index is -0.0523. The molecule has 1 aromatic heterocycles. The molecule has 4 rings (SSSR count). The maximum Gasteiger partial charge on any atom is 0.153 e. The number of benzene rings is 3. The van der Waals surface area contributed by atoms with Crippen molar-refractivity contribution in [3.8, 4) is 39.2 Å². The number of phenols is 2. The van der Waals surface area contributed by atoms with E-state index in [1.807, 2.05) is 6.07 Å². The van der Waals surface area contributed by atoms with Crippen LogP contribution in [0.5, 0.6) is 28.7 Å². The number of aromatic hydroxyl groups is 2. The fourth-order valence-corrected chi connectivity index (χ4v) is 3.76. The molecule has 0 aliphatic rings. The molecule has 1 heterocycles. The van der Waals surface area contributed by atoms with Gasteiger partial charge in [-0.1, -0.05) is 24.3 Å². The molecular weight excluding hydrogens is 336 g/mol. The summed E-state index contributed by atoms with van der Waals surface area (Å²) in [4.78, 5) is 0.869. The highest BCUT2D eigenvalue weighted by molar-refractivity contribution is 7.22. The summed E-state index contributed by atoms with van der Waals surface area (Å²) < 4.78 is 6.97. The fraction of sp³-hybridized carbons (Fsp3) is 0. The lowest BCUT2D eigenvalue weighted by Crippen LogP contribution is -1.88. The van der Waals surface area contributed by atoms with E-state index in [1.165, 1.54) is 23.5 Å². The highest BCUT2D eigenvalue weighted by Gasteiger charge is 2.16. The van der Waals surface area contributed by atoms with Gasteiger partial charge in [-0.05, 0) is 48.0 Å². The molecule has 0 saturated heterocycles. The second kappa shape index (κ2) is 6.03. The molecule has 25 heavy (non-hydrogen) atoms. The third-order valence-corrected chi connectivity index (χ3v) is 4.98. The van der Waals surface area contributed by atoms with Crippen molar-refractivity contribution in [3.05, 3.63) is 66.7 Å². The number of fused-ring (bicyclic) bond motifs is 1. The lowest BCUT2D eigenvalue weighted by molar-refractivity contribution is -0.268. The van der Waals surface area contributed by atoms with E-state index in [4.69, 9.17) is 4.74 Å². The molecule has 0 atom stereocenters. The quantitative estimate of drug-likeness (QED) is 0.555. The molecule has 5 heteroatoms. The van der Waals surface area contributed by atoms with Crippen molar-refractivity contribution in [2.24, 2.45) is 0 Å². The molecule has 0 bridgehead atoms. The van der Waals surface area contributed by atoms with Crippen LogP contribution in [0.3, 0.4) is 0 Å². The second-order valence-corrected chi connectivity index (χ2v) is 6.61. The number of hydrogen-bond donors (Lipinski definition) is 2. The van der Waals surface area contributed by atoms with Crippen molar-refractivity contribution in [2.45, 2.75) is 0 Å². The van der Waals surface area contributed by atoms with Crippen LogP contribution in [0.25, 0.3) is 20.5 Å². The van der Waals surface area contributed by atoms with Gasteiger partial charge in [-0.3, -0.25) is 0 Å². The van der Waals surface area contributed by atoms with E-state index in [1.54, 1.807) is 48.5 Å². The molecule has 0 unspecified atom stereocenters. The van der Waals surface area contributed by atoms with Gasteiger partial charge in [0.1, 0.15) is 17.2 Å². The van der Waals surface area contributed by atoms with Crippen LogP contribution in [0.1, 0.15) is 0 Å². The predicted molar refractivity (Wildman–Crippen MR) is 96.6 cm³/mol. The van der Waals surface area contributed by atoms with E-state index in [9.17, 15) is 15.3 Å². The molecular formula is C20H13O4S-. The van der Waals surface area contributed by atoms with Crippen LogP contribution in [-0.4, -0.2) is 10.2 Å². The lowest BCUT2D eigenvalue weighted by atomic mass is 10.1. The Morgan fingerprint density at radius 3 is 2.20 bits per heavy atom. The van der Waals surface area contributed by atoms with Crippen LogP contribution < -0.4 is 9.84 Å². The SMILES string of the molecule is [O-]c1ccc(-c2sc3cc(O)ccc3c2Oc2ccc(O)cc2)cc1. The van der Waals surface area contributed by atoms with Crippen molar-refractivity contribution in [2.75, 3.05) is 0 Å². The van der Waals surface area contributed by atoms with E-state index < -0.39 is 0 Å². The van der Waals surface area contributed by atoms with Crippen molar-refractivity contribution in [1.29, 1.82) is 0 Å². The van der Waals surface area contributed by atoms with Crippen LogP contribution in [0, 0.1) is 0 Å². The van der Waals surface area contributed by atoms with Gasteiger partial charge in [0.15, 0.2) is 5.75 Å². The second-order valence-electron chi connectivity index (χ2n) is 5.56. The zero-order chi connectivity index (χ0) is 17.4. The Morgan fingerprint density at radius 2 is 1.48 bits per heavy atom. The maximum absolute atomic E-state index is 11.4. The summed E-state index contributed by atoms with van der Waals surface area (Å²) >= 11 is 1.48. The van der Waals surface area contributed by atoms with Gasteiger partial charge in [0, 0.05) is 10.1 Å². The zero-order valence-corrected chi connectivity index (χ0v) is 13.8. The Hall–Kier alpha value is -3.18. The summed E-state index contributed by atoms with van der Waals surface area (Å²) in [5.41, 5.74) is 0.870. The smallest absolute Gasteiger partial charge is 0.153 e. The largest absolute Gasteiger partial charge is 0.872 e. The van der Waals surface area contributed by atoms with Gasteiger partial charge in [-0.2, -0.15) is 0 Å². The molecule has 2 N–H and O–H groups in total. The van der Waals surface area contributed by atoms with E-state index >= 15 is 0 Å². The number of hydrogen-bond acceptors (Lipinski definition) is 5. The van der Waals surface area contributed by atoms with Gasteiger partial charge in [-0.15, -0.1) is 17.1 Å². The Morgan fingerprint density at radius 1 is 0.800 bits per heavy atom. The zero-order valence-electron chi connectivity index (χ0n) is 13.0. The molecule has 124 valence electrons. The van der Waals surface area contributed by atoms with Crippen LogP contribution in [0.4, 0.5) is 0 Å². The van der Waals surface area contributed by atoms with Gasteiger partial charge in [0.05, 0.1) is 4.88 Å². The predicted octanol–water partition coefficient (Wildman–Crippen LogP) is 4.85. The highest BCUT2D eigenvalue weighted by atomic mass is 32.1. The molecule has 4 nitrogen and oxygen atoms in total. The maximum atomic E-state index is 11.4. The van der Waals surface area contributed by atoms with Crippen molar-refractivity contribution < 1.29 is 20.1 Å². The average Bonchev–Trinajstić information content (AvgIpc) is 2.95. The van der Waals surface area contributed by atoms with Gasteiger partial charge >= 0.3 is 0 Å². The first-order valence-corrected chi connectivity index (χ1v) is 8.42.